The van der Waals surface area contributed by atoms with Gasteiger partial charge in [-0.3, -0.25) is 9.59 Å². The van der Waals surface area contributed by atoms with Gasteiger partial charge in [-0.15, -0.1) is 0 Å². The van der Waals surface area contributed by atoms with E-state index in [9.17, 15) is 9.59 Å². The van der Waals surface area contributed by atoms with Gasteiger partial charge in [0, 0.05) is 6.42 Å². The summed E-state index contributed by atoms with van der Waals surface area (Å²) in [6.45, 7) is 4.87. The first-order chi connectivity index (χ1) is 4.57. The highest BCUT2D eigenvalue weighted by molar-refractivity contribution is 6.01. The third-order valence-corrected chi connectivity index (χ3v) is 1.18. The zero-order valence-corrected chi connectivity index (χ0v) is 6.60. The lowest BCUT2D eigenvalue weighted by Crippen LogP contribution is -1.98. The van der Waals surface area contributed by atoms with Crippen LogP contribution in [0.2, 0.25) is 0 Å². The summed E-state index contributed by atoms with van der Waals surface area (Å²) in [5, 5.41) is 0. The third kappa shape index (κ3) is 3.17. The summed E-state index contributed by atoms with van der Waals surface area (Å²) in [4.78, 5) is 21.3. The average molecular weight is 140 g/mol. The molecule has 2 nitrogen and oxygen atoms in total. The molecule has 0 atom stereocenters. The maximum absolute atomic E-state index is 10.8. The second-order valence-corrected chi connectivity index (χ2v) is 2.21. The smallest absolute Gasteiger partial charge is 0.158 e. The van der Waals surface area contributed by atoms with Crippen molar-refractivity contribution < 1.29 is 9.59 Å². The Morgan fingerprint density at radius 2 is 1.80 bits per heavy atom. The third-order valence-electron chi connectivity index (χ3n) is 1.18. The van der Waals surface area contributed by atoms with E-state index in [0.717, 1.165) is 0 Å². The van der Waals surface area contributed by atoms with Crippen LogP contribution in [0, 0.1) is 0 Å². The summed E-state index contributed by atoms with van der Waals surface area (Å²) in [7, 11) is 0. The van der Waals surface area contributed by atoms with E-state index in [1.807, 2.05) is 0 Å². The minimum atomic E-state index is -0.0701. The molecule has 0 bridgehead atoms. The molecule has 0 rings (SSSR count). The molecular formula is C8H12O2. The minimum absolute atomic E-state index is 0.0372. The monoisotopic (exact) mass is 140 g/mol. The second kappa shape index (κ2) is 3.99. The Hall–Kier alpha value is -0.920. The van der Waals surface area contributed by atoms with Crippen molar-refractivity contribution in [1.29, 1.82) is 0 Å². The molecule has 0 amide bonds. The first-order valence-corrected chi connectivity index (χ1v) is 3.30. The normalized spacial score (nSPS) is 11.3. The lowest BCUT2D eigenvalue weighted by atomic mass is 10.1. The van der Waals surface area contributed by atoms with Crippen LogP contribution < -0.4 is 0 Å². The molecule has 0 aromatic carbocycles. The molecule has 56 valence electrons. The summed E-state index contributed by atoms with van der Waals surface area (Å²) >= 11 is 0. The van der Waals surface area contributed by atoms with Crippen molar-refractivity contribution in [3.63, 3.8) is 0 Å². The number of ketones is 2. The fourth-order valence-corrected chi connectivity index (χ4v) is 0.664. The van der Waals surface area contributed by atoms with Crippen molar-refractivity contribution in [2.24, 2.45) is 0 Å². The Kier molecular flexibility index (Phi) is 3.62. The number of allylic oxidation sites excluding steroid dienone is 2. The predicted molar refractivity (Wildman–Crippen MR) is 39.7 cm³/mol. The molecule has 0 aliphatic heterocycles. The first kappa shape index (κ1) is 9.08. The van der Waals surface area contributed by atoms with Crippen molar-refractivity contribution in [3.8, 4) is 0 Å². The molecule has 2 heteroatoms. The number of rotatable bonds is 3. The van der Waals surface area contributed by atoms with Crippen LogP contribution in [0.25, 0.3) is 0 Å². The molecular weight excluding hydrogens is 128 g/mol. The minimum Gasteiger partial charge on any atom is -0.295 e. The van der Waals surface area contributed by atoms with Gasteiger partial charge in [0.2, 0.25) is 0 Å². The van der Waals surface area contributed by atoms with Crippen LogP contribution >= 0.6 is 0 Å². The van der Waals surface area contributed by atoms with E-state index >= 15 is 0 Å². The molecule has 0 heterocycles. The summed E-state index contributed by atoms with van der Waals surface area (Å²) in [6.07, 6.45) is 1.83. The van der Waals surface area contributed by atoms with Gasteiger partial charge in [0.1, 0.15) is 0 Å². The van der Waals surface area contributed by atoms with E-state index in [1.165, 1.54) is 13.0 Å². The topological polar surface area (TPSA) is 34.1 Å². The largest absolute Gasteiger partial charge is 0.295 e. The van der Waals surface area contributed by atoms with Crippen LogP contribution in [0.4, 0.5) is 0 Å². The molecule has 0 spiro atoms. The fourth-order valence-electron chi connectivity index (χ4n) is 0.664. The van der Waals surface area contributed by atoms with Gasteiger partial charge in [-0.1, -0.05) is 6.92 Å². The van der Waals surface area contributed by atoms with Gasteiger partial charge in [-0.2, -0.15) is 0 Å². The molecule has 0 radical (unpaired) electrons. The highest BCUT2D eigenvalue weighted by Gasteiger charge is 2.00. The Morgan fingerprint density at radius 1 is 1.30 bits per heavy atom. The van der Waals surface area contributed by atoms with Gasteiger partial charge >= 0.3 is 0 Å². The second-order valence-electron chi connectivity index (χ2n) is 2.21. The van der Waals surface area contributed by atoms with Gasteiger partial charge in [-0.05, 0) is 25.5 Å². The molecule has 0 saturated heterocycles. The van der Waals surface area contributed by atoms with Crippen LogP contribution in [0.3, 0.4) is 0 Å². The number of Topliss-reactive ketones (excluding diaryl/α,β-unsaturated/α-hetero) is 1. The molecule has 0 aliphatic rings. The number of hydrogen-bond acceptors (Lipinski definition) is 2. The van der Waals surface area contributed by atoms with E-state index in [1.54, 1.807) is 13.8 Å². The van der Waals surface area contributed by atoms with Crippen LogP contribution in [-0.2, 0) is 9.59 Å². The summed E-state index contributed by atoms with van der Waals surface area (Å²) in [6, 6.07) is 0. The van der Waals surface area contributed by atoms with E-state index in [-0.39, 0.29) is 11.6 Å². The SMILES string of the molecule is CCC(=O)C(C)=CC(C)=O. The van der Waals surface area contributed by atoms with Crippen molar-refractivity contribution in [2.75, 3.05) is 0 Å². The maximum atomic E-state index is 10.8. The summed E-state index contributed by atoms with van der Waals surface area (Å²) in [5.41, 5.74) is 0.551. The van der Waals surface area contributed by atoms with Crippen LogP contribution in [-0.4, -0.2) is 11.6 Å². The van der Waals surface area contributed by atoms with Gasteiger partial charge < -0.3 is 0 Å². The highest BCUT2D eigenvalue weighted by atomic mass is 16.1. The van der Waals surface area contributed by atoms with E-state index < -0.39 is 0 Å². The standard InChI is InChI=1S/C8H12O2/c1-4-8(10)6(2)5-7(3)9/h5H,4H2,1-3H3. The maximum Gasteiger partial charge on any atom is 0.158 e. The Morgan fingerprint density at radius 3 is 2.10 bits per heavy atom. The van der Waals surface area contributed by atoms with Crippen molar-refractivity contribution in [1.82, 2.24) is 0 Å². The van der Waals surface area contributed by atoms with Gasteiger partial charge in [0.05, 0.1) is 0 Å². The van der Waals surface area contributed by atoms with Gasteiger partial charge in [-0.25, -0.2) is 0 Å². The number of carbonyl (C=O) groups excluding carboxylic acids is 2. The highest BCUT2D eigenvalue weighted by Crippen LogP contribution is 1.97. The Balaban J connectivity index is 4.19. The molecule has 0 aliphatic carbocycles. The van der Waals surface area contributed by atoms with E-state index in [2.05, 4.69) is 0 Å². The number of hydrogen-bond donors (Lipinski definition) is 0. The Bertz CT molecular complexity index is 178. The molecule has 0 N–H and O–H groups in total. The van der Waals surface area contributed by atoms with E-state index in [4.69, 9.17) is 0 Å². The molecule has 0 unspecified atom stereocenters. The van der Waals surface area contributed by atoms with Crippen LogP contribution in [0.1, 0.15) is 27.2 Å². The number of carbonyl (C=O) groups is 2. The van der Waals surface area contributed by atoms with Crippen molar-refractivity contribution >= 4 is 11.6 Å². The van der Waals surface area contributed by atoms with Crippen molar-refractivity contribution in [3.05, 3.63) is 11.6 Å². The average Bonchev–Trinajstić information content (AvgIpc) is 1.85. The summed E-state index contributed by atoms with van der Waals surface area (Å²) in [5.74, 6) is -0.0329. The van der Waals surface area contributed by atoms with Crippen molar-refractivity contribution in [2.45, 2.75) is 27.2 Å². The van der Waals surface area contributed by atoms with Crippen LogP contribution in [0.5, 0.6) is 0 Å². The van der Waals surface area contributed by atoms with E-state index in [0.29, 0.717) is 12.0 Å². The first-order valence-electron chi connectivity index (χ1n) is 3.30. The molecule has 0 aromatic heterocycles. The Labute approximate surface area is 60.9 Å². The zero-order chi connectivity index (χ0) is 8.15. The van der Waals surface area contributed by atoms with Gasteiger partial charge in [0.15, 0.2) is 11.6 Å². The molecule has 0 fully saturated rings. The fraction of sp³-hybridized carbons (Fsp3) is 0.500. The van der Waals surface area contributed by atoms with Crippen LogP contribution in [0.15, 0.2) is 11.6 Å². The molecule has 0 aromatic rings. The predicted octanol–water partition coefficient (Wildman–Crippen LogP) is 1.50. The lowest BCUT2D eigenvalue weighted by molar-refractivity contribution is -0.116. The molecule has 0 saturated carbocycles. The molecule has 10 heavy (non-hydrogen) atoms. The summed E-state index contributed by atoms with van der Waals surface area (Å²) < 4.78 is 0. The zero-order valence-electron chi connectivity index (χ0n) is 6.60. The van der Waals surface area contributed by atoms with Gasteiger partial charge in [0.25, 0.3) is 0 Å². The lowest BCUT2D eigenvalue weighted by Gasteiger charge is -1.92. The quantitative estimate of drug-likeness (QED) is 0.557.